The Hall–Kier alpha value is -3.32. The highest BCUT2D eigenvalue weighted by molar-refractivity contribution is 5.67. The maximum Gasteiger partial charge on any atom is 0.0420 e. The largest absolute Gasteiger partial charge is 0.355 e. The minimum Gasteiger partial charge on any atom is -0.355 e. The van der Waals surface area contributed by atoms with Crippen molar-refractivity contribution in [2.45, 2.75) is 39.5 Å². The van der Waals surface area contributed by atoms with E-state index in [-0.39, 0.29) is 0 Å². The summed E-state index contributed by atoms with van der Waals surface area (Å²) in [7, 11) is 0. The smallest absolute Gasteiger partial charge is 0.0420 e. The van der Waals surface area contributed by atoms with Gasteiger partial charge in [0.1, 0.15) is 0 Å². The van der Waals surface area contributed by atoms with Crippen LogP contribution in [0.2, 0.25) is 0 Å². The van der Waals surface area contributed by atoms with Crippen molar-refractivity contribution in [1.29, 1.82) is 0 Å². The van der Waals surface area contributed by atoms with Gasteiger partial charge in [-0.2, -0.15) is 0 Å². The maximum atomic E-state index is 3.73. The molecular formula is C30H31N. The number of nitrogens with one attached hydrogen (secondary N) is 1. The van der Waals surface area contributed by atoms with Gasteiger partial charge in [0.15, 0.2) is 0 Å². The van der Waals surface area contributed by atoms with Crippen LogP contribution in [0.4, 0.5) is 11.4 Å². The molecule has 0 spiro atoms. The van der Waals surface area contributed by atoms with Crippen LogP contribution in [0.5, 0.6) is 0 Å². The zero-order valence-electron chi connectivity index (χ0n) is 18.6. The van der Waals surface area contributed by atoms with Gasteiger partial charge in [-0.15, -0.1) is 0 Å². The summed E-state index contributed by atoms with van der Waals surface area (Å²) in [5.41, 5.74) is 10.4. The maximum absolute atomic E-state index is 3.73. The average Bonchev–Trinajstić information content (AvgIpc) is 2.82. The van der Waals surface area contributed by atoms with Crippen LogP contribution < -0.4 is 5.32 Å². The zero-order chi connectivity index (χ0) is 21.5. The van der Waals surface area contributed by atoms with Gasteiger partial charge in [0.05, 0.1) is 0 Å². The number of para-hydroxylation sites is 2. The standard InChI is InChI=1S/C30H31N/c1-3-23-13-17-25(18-14-23)21-27-9-5-7-11-29(27)31-30-12-8-6-10-28(30)22-26-19-15-24(4-2)16-20-26/h5-20,31H,3-4,21-22H2,1-2H3. The van der Waals surface area contributed by atoms with Crippen molar-refractivity contribution in [1.82, 2.24) is 0 Å². The monoisotopic (exact) mass is 405 g/mol. The van der Waals surface area contributed by atoms with E-state index in [1.165, 1.54) is 44.8 Å². The van der Waals surface area contributed by atoms with E-state index < -0.39 is 0 Å². The molecule has 0 fully saturated rings. The SMILES string of the molecule is CCc1ccc(Cc2ccccc2Nc2ccccc2Cc2ccc(CC)cc2)cc1. The van der Waals surface area contributed by atoms with Gasteiger partial charge >= 0.3 is 0 Å². The molecule has 4 aromatic carbocycles. The molecule has 1 N–H and O–H groups in total. The summed E-state index contributed by atoms with van der Waals surface area (Å²) in [5, 5.41) is 3.73. The van der Waals surface area contributed by atoms with Crippen molar-refractivity contribution in [2.24, 2.45) is 0 Å². The van der Waals surface area contributed by atoms with Gasteiger partial charge in [0.2, 0.25) is 0 Å². The molecule has 0 radical (unpaired) electrons. The Bertz CT molecular complexity index is 1020. The van der Waals surface area contributed by atoms with Gasteiger partial charge in [-0.3, -0.25) is 0 Å². The molecule has 0 heterocycles. The molecule has 156 valence electrons. The van der Waals surface area contributed by atoms with Crippen molar-refractivity contribution < 1.29 is 0 Å². The van der Waals surface area contributed by atoms with E-state index >= 15 is 0 Å². The number of hydrogen-bond acceptors (Lipinski definition) is 1. The molecule has 0 unspecified atom stereocenters. The van der Waals surface area contributed by atoms with Gasteiger partial charge in [-0.1, -0.05) is 98.8 Å². The summed E-state index contributed by atoms with van der Waals surface area (Å²) < 4.78 is 0. The van der Waals surface area contributed by atoms with Crippen molar-refractivity contribution >= 4 is 11.4 Å². The Kier molecular flexibility index (Phi) is 6.84. The number of anilines is 2. The minimum absolute atomic E-state index is 0.924. The minimum atomic E-state index is 0.924. The topological polar surface area (TPSA) is 12.0 Å². The van der Waals surface area contributed by atoms with Crippen molar-refractivity contribution in [2.75, 3.05) is 5.32 Å². The summed E-state index contributed by atoms with van der Waals surface area (Å²) in [6, 6.07) is 35.3. The molecule has 0 aliphatic carbocycles. The van der Waals surface area contributed by atoms with Crippen LogP contribution in [0.25, 0.3) is 0 Å². The van der Waals surface area contributed by atoms with Gasteiger partial charge in [-0.25, -0.2) is 0 Å². The molecule has 31 heavy (non-hydrogen) atoms. The third-order valence-electron chi connectivity index (χ3n) is 5.96. The van der Waals surface area contributed by atoms with E-state index in [1.54, 1.807) is 0 Å². The molecule has 0 saturated carbocycles. The first-order valence-corrected chi connectivity index (χ1v) is 11.3. The lowest BCUT2D eigenvalue weighted by Crippen LogP contribution is -2.01. The predicted octanol–water partition coefficient (Wildman–Crippen LogP) is 7.74. The first kappa shape index (κ1) is 20.9. The second-order valence-corrected chi connectivity index (χ2v) is 8.13. The third kappa shape index (κ3) is 5.44. The first-order valence-electron chi connectivity index (χ1n) is 11.3. The van der Waals surface area contributed by atoms with E-state index in [0.29, 0.717) is 0 Å². The lowest BCUT2D eigenvalue weighted by atomic mass is 9.99. The van der Waals surface area contributed by atoms with Crippen LogP contribution in [0.1, 0.15) is 47.2 Å². The average molecular weight is 406 g/mol. The lowest BCUT2D eigenvalue weighted by Gasteiger charge is -2.16. The number of hydrogen-bond donors (Lipinski definition) is 1. The van der Waals surface area contributed by atoms with E-state index in [2.05, 4.69) is 116 Å². The molecule has 0 aliphatic heterocycles. The molecule has 0 bridgehead atoms. The fourth-order valence-corrected chi connectivity index (χ4v) is 3.96. The number of aryl methyl sites for hydroxylation is 2. The van der Waals surface area contributed by atoms with E-state index in [9.17, 15) is 0 Å². The Morgan fingerprint density at radius 2 is 0.806 bits per heavy atom. The van der Waals surface area contributed by atoms with Crippen molar-refractivity contribution in [3.8, 4) is 0 Å². The summed E-state index contributed by atoms with van der Waals surface area (Å²) in [6.45, 7) is 4.40. The van der Waals surface area contributed by atoms with Crippen LogP contribution in [0, 0.1) is 0 Å². The quantitative estimate of drug-likeness (QED) is 0.316. The van der Waals surface area contributed by atoms with Crippen molar-refractivity contribution in [3.05, 3.63) is 130 Å². The highest BCUT2D eigenvalue weighted by Crippen LogP contribution is 2.27. The predicted molar refractivity (Wildman–Crippen MR) is 133 cm³/mol. The van der Waals surface area contributed by atoms with Crippen molar-refractivity contribution in [3.63, 3.8) is 0 Å². The van der Waals surface area contributed by atoms with E-state index in [1.807, 2.05) is 0 Å². The molecule has 0 aromatic heterocycles. The molecular weight excluding hydrogens is 374 g/mol. The fourth-order valence-electron chi connectivity index (χ4n) is 3.96. The molecule has 1 heteroatoms. The number of benzene rings is 4. The Labute approximate surface area is 186 Å². The van der Waals surface area contributed by atoms with Crippen LogP contribution in [-0.2, 0) is 25.7 Å². The highest BCUT2D eigenvalue weighted by Gasteiger charge is 2.08. The Morgan fingerprint density at radius 1 is 0.452 bits per heavy atom. The molecule has 0 aliphatic rings. The summed E-state index contributed by atoms with van der Waals surface area (Å²) in [4.78, 5) is 0. The molecule has 0 atom stereocenters. The summed E-state index contributed by atoms with van der Waals surface area (Å²) >= 11 is 0. The van der Waals surface area contributed by atoms with Gasteiger partial charge in [-0.05, 0) is 71.2 Å². The normalized spacial score (nSPS) is 10.8. The summed E-state index contributed by atoms with van der Waals surface area (Å²) in [5.74, 6) is 0. The molecule has 0 saturated heterocycles. The molecule has 1 nitrogen and oxygen atoms in total. The Morgan fingerprint density at radius 3 is 1.19 bits per heavy atom. The second kappa shape index (κ2) is 10.1. The van der Waals surface area contributed by atoms with Crippen LogP contribution >= 0.6 is 0 Å². The third-order valence-corrected chi connectivity index (χ3v) is 5.96. The van der Waals surface area contributed by atoms with Gasteiger partial charge in [0, 0.05) is 11.4 Å². The van der Waals surface area contributed by atoms with Crippen LogP contribution in [-0.4, -0.2) is 0 Å². The van der Waals surface area contributed by atoms with E-state index in [4.69, 9.17) is 0 Å². The number of rotatable bonds is 8. The van der Waals surface area contributed by atoms with Crippen LogP contribution in [0.3, 0.4) is 0 Å². The van der Waals surface area contributed by atoms with Gasteiger partial charge < -0.3 is 5.32 Å². The second-order valence-electron chi connectivity index (χ2n) is 8.13. The van der Waals surface area contributed by atoms with E-state index in [0.717, 1.165) is 25.7 Å². The lowest BCUT2D eigenvalue weighted by molar-refractivity contribution is 1.12. The van der Waals surface area contributed by atoms with Crippen LogP contribution in [0.15, 0.2) is 97.1 Å². The highest BCUT2D eigenvalue weighted by atomic mass is 14.9. The fraction of sp³-hybridized carbons (Fsp3) is 0.200. The molecule has 4 aromatic rings. The molecule has 0 amide bonds. The van der Waals surface area contributed by atoms with Gasteiger partial charge in [0.25, 0.3) is 0 Å². The zero-order valence-corrected chi connectivity index (χ0v) is 18.6. The summed E-state index contributed by atoms with van der Waals surface area (Å²) in [6.07, 6.45) is 4.01. The first-order chi connectivity index (χ1) is 15.2. The molecule has 4 rings (SSSR count). The Balaban J connectivity index is 1.55.